The van der Waals surface area contributed by atoms with Gasteiger partial charge in [-0.05, 0) is 43.0 Å². The van der Waals surface area contributed by atoms with E-state index in [1.807, 2.05) is 0 Å². The van der Waals surface area contributed by atoms with Crippen molar-refractivity contribution >= 4 is 33.7 Å². The number of aromatic nitrogens is 2. The highest BCUT2D eigenvalue weighted by molar-refractivity contribution is 6.04. The zero-order valence-electron chi connectivity index (χ0n) is 19.9. The summed E-state index contributed by atoms with van der Waals surface area (Å²) in [6.45, 7) is -1.81. The first-order valence-electron chi connectivity index (χ1n) is 11.4. The molecule has 1 saturated carbocycles. The fraction of sp³-hybridized carbons (Fsp3) is 0.261. The summed E-state index contributed by atoms with van der Waals surface area (Å²) >= 11 is 0. The number of halogens is 2. The third-order valence-electron chi connectivity index (χ3n) is 5.62. The Hall–Kier alpha value is -3.75. The number of aryl methyl sites for hydroxylation is 1. The highest BCUT2D eigenvalue weighted by Gasteiger charge is 2.30. The molecule has 4 aromatic rings. The van der Waals surface area contributed by atoms with Gasteiger partial charge >= 0.3 is 5.97 Å². The molecule has 0 saturated heterocycles. The smallest absolute Gasteiger partial charge is 0.303 e. The molecule has 0 amide bonds. The summed E-state index contributed by atoms with van der Waals surface area (Å²) in [7, 11) is 0. The maximum Gasteiger partial charge on any atom is 0.303 e. The van der Waals surface area contributed by atoms with Crippen molar-refractivity contribution in [1.82, 2.24) is 9.55 Å². The fourth-order valence-corrected chi connectivity index (χ4v) is 4.03. The van der Waals surface area contributed by atoms with Crippen LogP contribution in [0.4, 0.5) is 14.5 Å². The lowest BCUT2D eigenvalue weighted by molar-refractivity contribution is -0.142. The summed E-state index contributed by atoms with van der Waals surface area (Å²) < 4.78 is 62.1. The Bertz CT molecular complexity index is 1590. The number of hydrogen-bond donors (Lipinski definition) is 1. The molecule has 1 aliphatic carbocycles. The molecule has 0 spiro atoms. The van der Waals surface area contributed by atoms with E-state index >= 15 is 0 Å². The minimum Gasteiger partial charge on any atom is -0.456 e. The normalized spacial score (nSPS) is 15.5. The molecule has 0 bridgehead atoms. The Morgan fingerprint density at radius 2 is 2.09 bits per heavy atom. The average Bonchev–Trinajstić information content (AvgIpc) is 3.52. The molecular weight excluding hydrogens is 420 g/mol. The molecule has 2 N–H and O–H groups in total. The molecule has 0 atom stereocenters. The van der Waals surface area contributed by atoms with Gasteiger partial charge in [0.1, 0.15) is 11.6 Å². The van der Waals surface area contributed by atoms with E-state index in [0.717, 1.165) is 25.0 Å². The van der Waals surface area contributed by atoms with Crippen LogP contribution in [0.2, 0.25) is 0 Å². The van der Waals surface area contributed by atoms with Crippen molar-refractivity contribution < 1.29 is 26.8 Å². The van der Waals surface area contributed by atoms with Crippen molar-refractivity contribution in [2.24, 2.45) is 0 Å². The maximum absolute atomic E-state index is 14.7. The zero-order valence-corrected chi connectivity index (χ0v) is 16.9. The first-order valence-corrected chi connectivity index (χ1v) is 9.86. The van der Waals surface area contributed by atoms with Crippen LogP contribution in [0.1, 0.15) is 41.3 Å². The lowest BCUT2D eigenvalue weighted by Gasteiger charge is -2.16. The number of esters is 1. The van der Waals surface area contributed by atoms with E-state index in [2.05, 4.69) is 4.98 Å². The Kier molecular flexibility index (Phi) is 3.77. The number of nitrogens with two attached hydrogens (primary N) is 1. The second kappa shape index (κ2) is 7.15. The second-order valence-corrected chi connectivity index (χ2v) is 7.76. The number of pyridine rings is 1. The Morgan fingerprint density at radius 3 is 2.81 bits per heavy atom. The Labute approximate surface area is 184 Å². The molecule has 2 heterocycles. The van der Waals surface area contributed by atoms with Gasteiger partial charge in [-0.1, -0.05) is 6.07 Å². The lowest BCUT2D eigenvalue weighted by atomic mass is 9.96. The molecule has 164 valence electrons. The van der Waals surface area contributed by atoms with E-state index in [1.54, 1.807) is 23.6 Å². The molecule has 5 rings (SSSR count). The first-order chi connectivity index (χ1) is 16.5. The van der Waals surface area contributed by atoms with Gasteiger partial charge in [0, 0.05) is 34.0 Å². The number of fused-ring (bicyclic) bond motifs is 3. The zero-order chi connectivity index (χ0) is 25.2. The molecule has 0 aliphatic heterocycles. The van der Waals surface area contributed by atoms with Gasteiger partial charge in [0.05, 0.1) is 11.2 Å². The third kappa shape index (κ3) is 3.12. The minimum atomic E-state index is -2.94. The van der Waals surface area contributed by atoms with Crippen molar-refractivity contribution in [3.63, 3.8) is 0 Å². The van der Waals surface area contributed by atoms with Crippen LogP contribution < -0.4 is 11.3 Å². The largest absolute Gasteiger partial charge is 0.456 e. The summed E-state index contributed by atoms with van der Waals surface area (Å²) in [4.78, 5) is 29.1. The number of nitrogens with zero attached hydrogens (tertiary/aromatic N) is 2. The molecule has 7 nitrogen and oxygen atoms in total. The third-order valence-corrected chi connectivity index (χ3v) is 5.62. The van der Waals surface area contributed by atoms with Gasteiger partial charge in [-0.15, -0.1) is 0 Å². The number of rotatable bonds is 4. The highest BCUT2D eigenvalue weighted by Crippen LogP contribution is 2.41. The summed E-state index contributed by atoms with van der Waals surface area (Å²) in [5.74, 6) is -3.02. The molecule has 9 heteroatoms. The van der Waals surface area contributed by atoms with E-state index in [0.29, 0.717) is 22.0 Å². The first kappa shape index (κ1) is 16.9. The van der Waals surface area contributed by atoms with Gasteiger partial charge in [0.15, 0.2) is 17.7 Å². The van der Waals surface area contributed by atoms with Crippen LogP contribution in [0, 0.1) is 18.6 Å². The van der Waals surface area contributed by atoms with Crippen molar-refractivity contribution in [2.75, 3.05) is 5.73 Å². The van der Waals surface area contributed by atoms with Crippen molar-refractivity contribution in [3.8, 4) is 11.1 Å². The number of carbonyl (C=O) groups is 1. The highest BCUT2D eigenvalue weighted by atomic mass is 19.1. The average molecular weight is 445 g/mol. The van der Waals surface area contributed by atoms with Crippen LogP contribution >= 0.6 is 0 Å². The van der Waals surface area contributed by atoms with E-state index in [4.69, 9.17) is 19.0 Å². The number of anilines is 1. The standard InChI is InChI=1S/C23H19F2N3O4/c1-10-13(15-7-17(25)18(26)8-16(15)24)5-6-14-21(10)28(12-3-4-12)23(30)20-22(14)32-19(27-20)9-31-11(2)29/h5-8,12H,3-4,9,26H2,1-2H3/i2T3. The Morgan fingerprint density at radius 1 is 1.31 bits per heavy atom. The number of nitrogen functional groups attached to an aromatic ring is 1. The van der Waals surface area contributed by atoms with Gasteiger partial charge in [0.25, 0.3) is 5.56 Å². The fourth-order valence-electron chi connectivity index (χ4n) is 4.03. The molecular formula is C23H19F2N3O4. The van der Waals surface area contributed by atoms with Crippen LogP contribution in [0.25, 0.3) is 33.1 Å². The maximum atomic E-state index is 14.7. The summed E-state index contributed by atoms with van der Waals surface area (Å²) in [6, 6.07) is 5.04. The molecule has 1 aliphatic rings. The predicted octanol–water partition coefficient (Wildman–Crippen LogP) is 4.38. The second-order valence-electron chi connectivity index (χ2n) is 7.76. The van der Waals surface area contributed by atoms with Crippen LogP contribution in [0.3, 0.4) is 0 Å². The molecule has 2 aromatic carbocycles. The van der Waals surface area contributed by atoms with Crippen molar-refractivity contribution in [3.05, 3.63) is 57.7 Å². The monoisotopic (exact) mass is 445 g/mol. The quantitative estimate of drug-likeness (QED) is 0.370. The summed E-state index contributed by atoms with van der Waals surface area (Å²) in [6.07, 6.45) is 1.52. The number of oxazole rings is 1. The number of hydrogen-bond acceptors (Lipinski definition) is 6. The molecule has 0 unspecified atom stereocenters. The van der Waals surface area contributed by atoms with Crippen molar-refractivity contribution in [1.29, 1.82) is 0 Å². The Balaban J connectivity index is 1.71. The molecule has 0 radical (unpaired) electrons. The van der Waals surface area contributed by atoms with E-state index in [-0.39, 0.29) is 34.3 Å². The van der Waals surface area contributed by atoms with E-state index in [9.17, 15) is 18.4 Å². The number of ether oxygens (including phenoxy) is 1. The van der Waals surface area contributed by atoms with E-state index < -0.39 is 36.6 Å². The molecule has 1 fully saturated rings. The number of carbonyl (C=O) groups excluding carboxylic acids is 1. The SMILES string of the molecule is [3H]C([3H])([3H])C(=O)OCc1nc2c(=O)n(C3CC3)c3c(C)c(-c4cc(F)c(N)cc4F)ccc3c2o1. The topological polar surface area (TPSA) is 100 Å². The van der Waals surface area contributed by atoms with Gasteiger partial charge < -0.3 is 19.5 Å². The molecule has 32 heavy (non-hydrogen) atoms. The van der Waals surface area contributed by atoms with Crippen LogP contribution in [-0.4, -0.2) is 15.5 Å². The van der Waals surface area contributed by atoms with Crippen molar-refractivity contribution in [2.45, 2.75) is 39.3 Å². The van der Waals surface area contributed by atoms with Gasteiger partial charge in [-0.3, -0.25) is 9.59 Å². The van der Waals surface area contributed by atoms with Crippen LogP contribution in [0.15, 0.2) is 33.5 Å². The summed E-state index contributed by atoms with van der Waals surface area (Å²) in [5.41, 5.74) is 6.25. The van der Waals surface area contributed by atoms with E-state index in [1.165, 1.54) is 0 Å². The minimum absolute atomic E-state index is 0.000768. The predicted molar refractivity (Wildman–Crippen MR) is 114 cm³/mol. The van der Waals surface area contributed by atoms with Gasteiger partial charge in [0.2, 0.25) is 5.89 Å². The van der Waals surface area contributed by atoms with Crippen LogP contribution in [0.5, 0.6) is 0 Å². The number of benzene rings is 2. The summed E-state index contributed by atoms with van der Waals surface area (Å²) in [5, 5.41) is 0.505. The van der Waals surface area contributed by atoms with Crippen LogP contribution in [-0.2, 0) is 16.1 Å². The van der Waals surface area contributed by atoms with Gasteiger partial charge in [-0.2, -0.15) is 0 Å². The van der Waals surface area contributed by atoms with Gasteiger partial charge in [-0.25, -0.2) is 13.8 Å². The molecule has 2 aromatic heterocycles. The lowest BCUT2D eigenvalue weighted by Crippen LogP contribution is -2.21.